The summed E-state index contributed by atoms with van der Waals surface area (Å²) in [5.41, 5.74) is 1.47. The summed E-state index contributed by atoms with van der Waals surface area (Å²) in [4.78, 5) is 2.42. The van der Waals surface area contributed by atoms with Crippen LogP contribution in [0.15, 0.2) is 58.5 Å². The van der Waals surface area contributed by atoms with Gasteiger partial charge in [-0.25, -0.2) is 0 Å². The first kappa shape index (κ1) is 18.8. The molecule has 2 aromatic carbocycles. The first-order valence-corrected chi connectivity index (χ1v) is 9.44. The molecule has 0 aliphatic heterocycles. The number of hydrazone groups is 1. The highest BCUT2D eigenvalue weighted by Gasteiger charge is 2.13. The minimum atomic E-state index is -3.74. The molecule has 0 bridgehead atoms. The molecule has 0 fully saturated rings. The van der Waals surface area contributed by atoms with Crippen LogP contribution in [0.3, 0.4) is 0 Å². The highest BCUT2D eigenvalue weighted by atomic mass is 32.2. The Morgan fingerprint density at radius 2 is 1.60 bits per heavy atom. The summed E-state index contributed by atoms with van der Waals surface area (Å²) in [6, 6.07) is 13.5. The summed E-state index contributed by atoms with van der Waals surface area (Å²) in [7, 11) is -2.14. The highest BCUT2D eigenvalue weighted by Crippen LogP contribution is 2.17. The average Bonchev–Trinajstić information content (AvgIpc) is 2.63. The Morgan fingerprint density at radius 1 is 1.00 bits per heavy atom. The van der Waals surface area contributed by atoms with E-state index in [0.717, 1.165) is 11.3 Å². The molecule has 25 heavy (non-hydrogen) atoms. The Morgan fingerprint density at radius 3 is 2.12 bits per heavy atom. The van der Waals surface area contributed by atoms with E-state index in [9.17, 15) is 8.42 Å². The maximum absolute atomic E-state index is 12.4. The number of methoxy groups -OCH3 is 1. The van der Waals surface area contributed by atoms with Crippen LogP contribution in [0, 0.1) is 0 Å². The Labute approximate surface area is 148 Å². The van der Waals surface area contributed by atoms with E-state index >= 15 is 0 Å². The van der Waals surface area contributed by atoms with Gasteiger partial charge in [-0.05, 0) is 67.4 Å². The SMILES string of the molecule is CCOc1ccc(S(=O)(=O)N/N=C(/CC)c2ccc(OC)cc2)cc1. The maximum atomic E-state index is 12.4. The van der Waals surface area contributed by atoms with Crippen LogP contribution in [-0.4, -0.2) is 27.8 Å². The number of hydrogen-bond donors (Lipinski definition) is 1. The van der Waals surface area contributed by atoms with Gasteiger partial charge in [0.05, 0.1) is 24.3 Å². The molecule has 2 rings (SSSR count). The number of nitrogens with one attached hydrogen (secondary N) is 1. The normalized spacial score (nSPS) is 11.9. The van der Waals surface area contributed by atoms with Crippen molar-refractivity contribution < 1.29 is 17.9 Å². The number of benzene rings is 2. The third-order valence-corrected chi connectivity index (χ3v) is 4.73. The fourth-order valence-electron chi connectivity index (χ4n) is 2.18. The summed E-state index contributed by atoms with van der Waals surface area (Å²) in [6.45, 7) is 4.30. The molecule has 0 heterocycles. The Kier molecular flexibility index (Phi) is 6.41. The summed E-state index contributed by atoms with van der Waals surface area (Å²) < 4.78 is 35.2. The lowest BCUT2D eigenvalue weighted by atomic mass is 10.1. The average molecular weight is 362 g/mol. The minimum absolute atomic E-state index is 0.130. The Hall–Kier alpha value is -2.54. The highest BCUT2D eigenvalue weighted by molar-refractivity contribution is 7.89. The van der Waals surface area contributed by atoms with Gasteiger partial charge in [-0.2, -0.15) is 18.4 Å². The lowest BCUT2D eigenvalue weighted by Gasteiger charge is -2.08. The number of ether oxygens (including phenoxy) is 2. The number of sulfonamides is 1. The van der Waals surface area contributed by atoms with Crippen LogP contribution in [-0.2, 0) is 10.0 Å². The van der Waals surface area contributed by atoms with Gasteiger partial charge in [0.15, 0.2) is 0 Å². The molecular formula is C18H22N2O4S. The fourth-order valence-corrected chi connectivity index (χ4v) is 3.01. The van der Waals surface area contributed by atoms with Gasteiger partial charge in [-0.3, -0.25) is 0 Å². The molecule has 2 aromatic rings. The van der Waals surface area contributed by atoms with Gasteiger partial charge in [0.2, 0.25) is 0 Å². The van der Waals surface area contributed by atoms with Crippen molar-refractivity contribution in [2.24, 2.45) is 5.10 Å². The number of nitrogens with zero attached hydrogens (tertiary/aromatic N) is 1. The van der Waals surface area contributed by atoms with Crippen LogP contribution < -0.4 is 14.3 Å². The molecule has 0 spiro atoms. The van der Waals surface area contributed by atoms with Crippen LogP contribution in [0.5, 0.6) is 11.5 Å². The Balaban J connectivity index is 2.18. The second-order valence-corrected chi connectivity index (χ2v) is 6.80. The smallest absolute Gasteiger partial charge is 0.276 e. The zero-order valence-electron chi connectivity index (χ0n) is 14.5. The largest absolute Gasteiger partial charge is 0.497 e. The molecule has 0 aromatic heterocycles. The van der Waals surface area contributed by atoms with Crippen molar-refractivity contribution in [2.45, 2.75) is 25.2 Å². The molecule has 0 aliphatic carbocycles. The van der Waals surface area contributed by atoms with E-state index in [0.29, 0.717) is 24.5 Å². The molecule has 0 saturated carbocycles. The van der Waals surface area contributed by atoms with E-state index in [1.54, 1.807) is 19.2 Å². The van der Waals surface area contributed by atoms with Gasteiger partial charge in [0.1, 0.15) is 11.5 Å². The van der Waals surface area contributed by atoms with Crippen LogP contribution in [0.2, 0.25) is 0 Å². The summed E-state index contributed by atoms with van der Waals surface area (Å²) in [5, 5.41) is 4.08. The van der Waals surface area contributed by atoms with Gasteiger partial charge in [-0.15, -0.1) is 0 Å². The summed E-state index contributed by atoms with van der Waals surface area (Å²) in [5.74, 6) is 1.35. The first-order chi connectivity index (χ1) is 12.0. The lowest BCUT2D eigenvalue weighted by molar-refractivity contribution is 0.340. The van der Waals surface area contributed by atoms with E-state index in [1.165, 1.54) is 12.1 Å². The molecule has 134 valence electrons. The molecule has 1 N–H and O–H groups in total. The predicted molar refractivity (Wildman–Crippen MR) is 97.8 cm³/mol. The number of hydrogen-bond acceptors (Lipinski definition) is 5. The van der Waals surface area contributed by atoms with Crippen LogP contribution in [0.4, 0.5) is 0 Å². The van der Waals surface area contributed by atoms with E-state index in [2.05, 4.69) is 9.93 Å². The molecule has 0 radical (unpaired) electrons. The van der Waals surface area contributed by atoms with Crippen LogP contribution in [0.25, 0.3) is 0 Å². The zero-order chi connectivity index (χ0) is 18.3. The molecule has 0 unspecified atom stereocenters. The first-order valence-electron chi connectivity index (χ1n) is 7.95. The topological polar surface area (TPSA) is 77.0 Å². The van der Waals surface area contributed by atoms with Crippen molar-refractivity contribution in [2.75, 3.05) is 13.7 Å². The van der Waals surface area contributed by atoms with Crippen LogP contribution in [0.1, 0.15) is 25.8 Å². The number of rotatable bonds is 8. The van der Waals surface area contributed by atoms with E-state index in [4.69, 9.17) is 9.47 Å². The molecule has 0 saturated heterocycles. The van der Waals surface area contributed by atoms with E-state index in [-0.39, 0.29) is 4.90 Å². The third-order valence-electron chi connectivity index (χ3n) is 3.50. The van der Waals surface area contributed by atoms with Gasteiger partial charge in [-0.1, -0.05) is 6.92 Å². The van der Waals surface area contributed by atoms with E-state index < -0.39 is 10.0 Å². The second kappa shape index (κ2) is 8.53. The standard InChI is InChI=1S/C18H22N2O4S/c1-4-18(14-6-8-15(23-3)9-7-14)19-20-25(21,22)17-12-10-16(11-13-17)24-5-2/h6-13,20H,4-5H2,1-3H3/b19-18-. The third kappa shape index (κ3) is 4.96. The summed E-state index contributed by atoms with van der Waals surface area (Å²) in [6.07, 6.45) is 0.581. The van der Waals surface area contributed by atoms with E-state index in [1.807, 2.05) is 38.1 Å². The molecule has 0 atom stereocenters. The molecule has 6 nitrogen and oxygen atoms in total. The molecule has 7 heteroatoms. The van der Waals surface area contributed by atoms with Crippen molar-refractivity contribution in [1.29, 1.82) is 0 Å². The summed E-state index contributed by atoms with van der Waals surface area (Å²) >= 11 is 0. The van der Waals surface area contributed by atoms with Crippen molar-refractivity contribution in [3.05, 3.63) is 54.1 Å². The molecular weight excluding hydrogens is 340 g/mol. The molecule has 0 amide bonds. The minimum Gasteiger partial charge on any atom is -0.497 e. The lowest BCUT2D eigenvalue weighted by Crippen LogP contribution is -2.20. The van der Waals surface area contributed by atoms with Crippen molar-refractivity contribution >= 4 is 15.7 Å². The molecule has 0 aliphatic rings. The van der Waals surface area contributed by atoms with Gasteiger partial charge in [0, 0.05) is 0 Å². The maximum Gasteiger partial charge on any atom is 0.276 e. The quantitative estimate of drug-likeness (QED) is 0.578. The predicted octanol–water partition coefficient (Wildman–Crippen LogP) is 3.19. The van der Waals surface area contributed by atoms with Gasteiger partial charge >= 0.3 is 0 Å². The zero-order valence-corrected chi connectivity index (χ0v) is 15.3. The Bertz CT molecular complexity index is 813. The second-order valence-electron chi connectivity index (χ2n) is 5.14. The van der Waals surface area contributed by atoms with Gasteiger partial charge < -0.3 is 9.47 Å². The van der Waals surface area contributed by atoms with Crippen molar-refractivity contribution in [1.82, 2.24) is 4.83 Å². The fraction of sp³-hybridized carbons (Fsp3) is 0.278. The monoisotopic (exact) mass is 362 g/mol. The van der Waals surface area contributed by atoms with Gasteiger partial charge in [0.25, 0.3) is 10.0 Å². The van der Waals surface area contributed by atoms with Crippen molar-refractivity contribution in [3.8, 4) is 11.5 Å². The van der Waals surface area contributed by atoms with Crippen molar-refractivity contribution in [3.63, 3.8) is 0 Å². The van der Waals surface area contributed by atoms with Crippen LogP contribution >= 0.6 is 0 Å².